The number of piperidine rings is 1. The van der Waals surface area contributed by atoms with E-state index in [2.05, 4.69) is 21.8 Å². The Labute approximate surface area is 166 Å². The van der Waals surface area contributed by atoms with Crippen LogP contribution in [-0.4, -0.2) is 55.1 Å². The number of Topliss-reactive ketones (excluding diaryl/α,β-unsaturated/α-hetero) is 1. The molecule has 1 spiro atoms. The smallest absolute Gasteiger partial charge is 0.177 e. The van der Waals surface area contributed by atoms with Gasteiger partial charge in [0.15, 0.2) is 5.78 Å². The van der Waals surface area contributed by atoms with Crippen LogP contribution in [0.2, 0.25) is 0 Å². The number of rotatable bonds is 2. The highest BCUT2D eigenvalue weighted by molar-refractivity contribution is 6.09. The van der Waals surface area contributed by atoms with Crippen molar-refractivity contribution in [1.29, 1.82) is 0 Å². The molecule has 2 aliphatic carbocycles. The molecule has 5 nitrogen and oxygen atoms in total. The van der Waals surface area contributed by atoms with Gasteiger partial charge in [-0.15, -0.1) is 6.42 Å². The third kappa shape index (κ3) is 2.91. The molecule has 3 fully saturated rings. The Hall–Kier alpha value is -2.32. The maximum Gasteiger partial charge on any atom is 0.177 e. The third-order valence-corrected chi connectivity index (χ3v) is 7.09. The molecule has 1 saturated carbocycles. The van der Waals surface area contributed by atoms with Crippen LogP contribution in [-0.2, 0) is 16.0 Å². The molecule has 0 aromatic carbocycles. The zero-order chi connectivity index (χ0) is 19.1. The number of carbonyl (C=O) groups is 1. The van der Waals surface area contributed by atoms with Crippen molar-refractivity contribution in [2.75, 3.05) is 44.3 Å². The van der Waals surface area contributed by atoms with Gasteiger partial charge in [0.05, 0.1) is 30.2 Å². The number of anilines is 1. The number of ketones is 1. The Bertz CT molecular complexity index is 862. The summed E-state index contributed by atoms with van der Waals surface area (Å²) in [7, 11) is 0. The summed E-state index contributed by atoms with van der Waals surface area (Å²) in [5.74, 6) is 3.71. The Morgan fingerprint density at radius 3 is 2.43 bits per heavy atom. The van der Waals surface area contributed by atoms with Crippen LogP contribution < -0.4 is 4.90 Å². The first-order chi connectivity index (χ1) is 13.7. The average molecular weight is 377 g/mol. The predicted octanol–water partition coefficient (Wildman–Crippen LogP) is 2.65. The van der Waals surface area contributed by atoms with Crippen molar-refractivity contribution in [2.24, 2.45) is 5.41 Å². The van der Waals surface area contributed by atoms with E-state index in [-0.39, 0.29) is 5.78 Å². The molecule has 0 atom stereocenters. The predicted molar refractivity (Wildman–Crippen MR) is 109 cm³/mol. The summed E-state index contributed by atoms with van der Waals surface area (Å²) < 4.78 is 5.48. The number of hydrogen-bond donors (Lipinski definition) is 0. The molecule has 0 unspecified atom stereocenters. The largest absolute Gasteiger partial charge is 0.378 e. The van der Waals surface area contributed by atoms with Gasteiger partial charge in [0.1, 0.15) is 5.82 Å². The molecule has 28 heavy (non-hydrogen) atoms. The molecule has 0 radical (unpaired) electrons. The fraction of sp³-hybridized carbons (Fsp3) is 0.565. The summed E-state index contributed by atoms with van der Waals surface area (Å²) in [5, 5.41) is 0. The zero-order valence-electron chi connectivity index (χ0n) is 16.4. The second-order valence-electron chi connectivity index (χ2n) is 8.59. The number of ether oxygens (including phenoxy) is 1. The van der Waals surface area contributed by atoms with E-state index in [0.717, 1.165) is 62.2 Å². The summed E-state index contributed by atoms with van der Waals surface area (Å²) in [6.45, 7) is 5.08. The highest BCUT2D eigenvalue weighted by atomic mass is 16.5. The molecule has 0 N–H and O–H groups in total. The summed E-state index contributed by atoms with van der Waals surface area (Å²) in [5.41, 5.74) is 3.89. The maximum atomic E-state index is 12.7. The van der Waals surface area contributed by atoms with Gasteiger partial charge in [-0.2, -0.15) is 0 Å². The number of terminal acetylenes is 1. The second kappa shape index (κ2) is 6.93. The molecule has 4 aliphatic rings. The van der Waals surface area contributed by atoms with Crippen LogP contribution in [0.1, 0.15) is 43.4 Å². The van der Waals surface area contributed by atoms with Gasteiger partial charge in [0.2, 0.25) is 0 Å². The van der Waals surface area contributed by atoms with Crippen LogP contribution in [0.25, 0.3) is 5.70 Å². The number of morpholine rings is 1. The molecule has 146 valence electrons. The molecular formula is C23H27N3O2. The Kier molecular flexibility index (Phi) is 4.40. The molecule has 2 aliphatic heterocycles. The quantitative estimate of drug-likeness (QED) is 0.742. The lowest BCUT2D eigenvalue weighted by molar-refractivity contribution is -0.114. The van der Waals surface area contributed by atoms with Crippen molar-refractivity contribution in [1.82, 2.24) is 9.88 Å². The van der Waals surface area contributed by atoms with E-state index >= 15 is 0 Å². The van der Waals surface area contributed by atoms with Crippen LogP contribution >= 0.6 is 0 Å². The second-order valence-corrected chi connectivity index (χ2v) is 8.59. The van der Waals surface area contributed by atoms with Crippen molar-refractivity contribution in [3.8, 4) is 12.3 Å². The first-order valence-corrected chi connectivity index (χ1v) is 10.5. The number of aromatic nitrogens is 1. The highest BCUT2D eigenvalue weighted by Gasteiger charge is 2.41. The molecule has 2 saturated heterocycles. The fourth-order valence-corrected chi connectivity index (χ4v) is 5.14. The number of hydrogen-bond acceptors (Lipinski definition) is 5. The number of likely N-dealkylation sites (tertiary alicyclic amines) is 1. The minimum absolute atomic E-state index is 0.0508. The minimum atomic E-state index is 0.0508. The standard InChI is InChI=1S/C23H27N3O2/c1-2-18-19(27)16-17-4-5-20(25-12-14-28-15-13-25)24-21(17)22(18)26-10-8-23(9-11-26)6-3-7-23/h1,4-5H,3,6-16H2. The highest BCUT2D eigenvalue weighted by Crippen LogP contribution is 2.50. The van der Waals surface area contributed by atoms with E-state index in [1.54, 1.807) is 0 Å². The van der Waals surface area contributed by atoms with Gasteiger partial charge < -0.3 is 14.5 Å². The van der Waals surface area contributed by atoms with Crippen LogP contribution in [0.4, 0.5) is 5.82 Å². The molecule has 0 amide bonds. The third-order valence-electron chi connectivity index (χ3n) is 7.09. The van der Waals surface area contributed by atoms with Gasteiger partial charge in [-0.05, 0) is 42.7 Å². The number of pyridine rings is 1. The summed E-state index contributed by atoms with van der Waals surface area (Å²) in [6, 6.07) is 4.10. The number of carbonyl (C=O) groups excluding carboxylic acids is 1. The van der Waals surface area contributed by atoms with Crippen molar-refractivity contribution < 1.29 is 9.53 Å². The molecule has 5 heteroatoms. The Morgan fingerprint density at radius 1 is 1.04 bits per heavy atom. The van der Waals surface area contributed by atoms with Gasteiger partial charge in [0.25, 0.3) is 0 Å². The lowest BCUT2D eigenvalue weighted by Crippen LogP contribution is -2.44. The Morgan fingerprint density at radius 2 is 1.79 bits per heavy atom. The molecule has 3 heterocycles. The fourth-order valence-electron chi connectivity index (χ4n) is 5.14. The van der Waals surface area contributed by atoms with E-state index < -0.39 is 0 Å². The van der Waals surface area contributed by atoms with E-state index in [1.807, 2.05) is 6.07 Å². The maximum absolute atomic E-state index is 12.7. The SMILES string of the molecule is C#CC1=C(N2CCC3(CCC3)CC2)c2nc(N3CCOCC3)ccc2CC1=O. The molecule has 1 aromatic heterocycles. The molecular weight excluding hydrogens is 350 g/mol. The van der Waals surface area contributed by atoms with Crippen molar-refractivity contribution in [2.45, 2.75) is 38.5 Å². The van der Waals surface area contributed by atoms with Crippen molar-refractivity contribution >= 4 is 17.3 Å². The van der Waals surface area contributed by atoms with Gasteiger partial charge in [-0.3, -0.25) is 4.79 Å². The lowest BCUT2D eigenvalue weighted by Gasteiger charge is -2.49. The van der Waals surface area contributed by atoms with E-state index in [0.29, 0.717) is 17.4 Å². The Balaban J connectivity index is 1.51. The van der Waals surface area contributed by atoms with E-state index in [4.69, 9.17) is 16.1 Å². The van der Waals surface area contributed by atoms with E-state index in [9.17, 15) is 4.79 Å². The van der Waals surface area contributed by atoms with Crippen molar-refractivity contribution in [3.05, 3.63) is 29.0 Å². The molecule has 1 aromatic rings. The summed E-state index contributed by atoms with van der Waals surface area (Å²) >= 11 is 0. The van der Waals surface area contributed by atoms with Crippen LogP contribution in [0.3, 0.4) is 0 Å². The van der Waals surface area contributed by atoms with Crippen molar-refractivity contribution in [3.63, 3.8) is 0 Å². The summed E-state index contributed by atoms with van der Waals surface area (Å²) in [6.07, 6.45) is 12.6. The van der Waals surface area contributed by atoms with Gasteiger partial charge in [-0.1, -0.05) is 18.4 Å². The lowest BCUT2D eigenvalue weighted by atomic mass is 9.63. The zero-order valence-corrected chi connectivity index (χ0v) is 16.4. The number of fused-ring (bicyclic) bond motifs is 1. The van der Waals surface area contributed by atoms with Crippen LogP contribution in [0, 0.1) is 17.8 Å². The first-order valence-electron chi connectivity index (χ1n) is 10.5. The van der Waals surface area contributed by atoms with Crippen LogP contribution in [0.5, 0.6) is 0 Å². The molecule has 5 rings (SSSR count). The average Bonchev–Trinajstić information content (AvgIpc) is 2.72. The minimum Gasteiger partial charge on any atom is -0.378 e. The molecule has 0 bridgehead atoms. The van der Waals surface area contributed by atoms with E-state index in [1.165, 1.54) is 32.1 Å². The topological polar surface area (TPSA) is 45.7 Å². The monoisotopic (exact) mass is 377 g/mol. The van der Waals surface area contributed by atoms with Crippen LogP contribution in [0.15, 0.2) is 17.7 Å². The van der Waals surface area contributed by atoms with Gasteiger partial charge >= 0.3 is 0 Å². The first kappa shape index (κ1) is 17.8. The number of allylic oxidation sites excluding steroid dienone is 1. The normalized spacial score (nSPS) is 24.0. The number of nitrogens with zero attached hydrogens (tertiary/aromatic N) is 3. The van der Waals surface area contributed by atoms with Gasteiger partial charge in [0, 0.05) is 32.6 Å². The summed E-state index contributed by atoms with van der Waals surface area (Å²) in [4.78, 5) is 22.4. The van der Waals surface area contributed by atoms with Gasteiger partial charge in [-0.25, -0.2) is 4.98 Å².